The van der Waals surface area contributed by atoms with Crippen LogP contribution >= 0.6 is 0 Å². The van der Waals surface area contributed by atoms with Gasteiger partial charge in [-0.3, -0.25) is 0 Å². The Kier molecular flexibility index (Phi) is 6.71. The maximum Gasteiger partial charge on any atom is 0.218 e. The molecule has 0 spiro atoms. The number of hydrogen-bond acceptors (Lipinski definition) is 4. The summed E-state index contributed by atoms with van der Waals surface area (Å²) in [6, 6.07) is 16.3. The molecule has 2 aliphatic heterocycles. The predicted octanol–water partition coefficient (Wildman–Crippen LogP) is 3.66. The number of halogens is 1. The molecule has 0 radical (unpaired) electrons. The van der Waals surface area contributed by atoms with Gasteiger partial charge in [0.25, 0.3) is 0 Å². The highest BCUT2D eigenvalue weighted by Gasteiger charge is 2.32. The molecule has 0 unspecified atom stereocenters. The lowest BCUT2D eigenvalue weighted by molar-refractivity contribution is 0.0567. The van der Waals surface area contributed by atoms with Crippen LogP contribution in [-0.4, -0.2) is 55.9 Å². The maximum atomic E-state index is 13.8. The van der Waals surface area contributed by atoms with Crippen LogP contribution in [0.4, 0.5) is 4.39 Å². The number of piperidine rings is 2. The zero-order valence-corrected chi connectivity index (χ0v) is 17.9. The number of hydrogen-bond donors (Lipinski definition) is 0. The Bertz CT molecular complexity index is 922. The van der Waals surface area contributed by atoms with Crippen molar-refractivity contribution in [2.45, 2.75) is 43.6 Å². The molecule has 0 aromatic heterocycles. The molecule has 5 nitrogen and oxygen atoms in total. The minimum atomic E-state index is -3.28. The molecule has 2 aromatic rings. The molecular weight excluding hydrogens is 403 g/mol. The molecule has 0 bridgehead atoms. The summed E-state index contributed by atoms with van der Waals surface area (Å²) < 4.78 is 46.8. The zero-order chi connectivity index (χ0) is 21.0. The standard InChI is InChI=1S/C23H29FN2O3S/c24-22-8-4-5-9-23(22)29-21-12-14-25(15-13-21)20-10-16-26(17-11-20)30(27,28)18-19-6-2-1-3-7-19/h1-9,20-21H,10-18H2. The molecule has 0 saturated carbocycles. The van der Waals surface area contributed by atoms with Crippen LogP contribution in [0.5, 0.6) is 5.75 Å². The number of likely N-dealkylation sites (tertiary alicyclic amines) is 1. The first-order chi connectivity index (χ1) is 14.5. The van der Waals surface area contributed by atoms with Crippen molar-refractivity contribution in [3.05, 3.63) is 66.0 Å². The van der Waals surface area contributed by atoms with Crippen molar-refractivity contribution in [2.75, 3.05) is 26.2 Å². The molecule has 2 heterocycles. The lowest BCUT2D eigenvalue weighted by Crippen LogP contribution is -2.50. The second-order valence-electron chi connectivity index (χ2n) is 8.16. The average molecular weight is 433 g/mol. The maximum absolute atomic E-state index is 13.8. The van der Waals surface area contributed by atoms with E-state index in [1.165, 1.54) is 6.07 Å². The van der Waals surface area contributed by atoms with Crippen molar-refractivity contribution >= 4 is 10.0 Å². The summed E-state index contributed by atoms with van der Waals surface area (Å²) >= 11 is 0. The minimum Gasteiger partial charge on any atom is -0.487 e. The first-order valence-electron chi connectivity index (χ1n) is 10.7. The summed E-state index contributed by atoms with van der Waals surface area (Å²) in [6.07, 6.45) is 3.46. The summed E-state index contributed by atoms with van der Waals surface area (Å²) in [4.78, 5) is 2.45. The van der Waals surface area contributed by atoms with Gasteiger partial charge < -0.3 is 9.64 Å². The Morgan fingerprint density at radius 2 is 1.50 bits per heavy atom. The fourth-order valence-electron chi connectivity index (χ4n) is 4.44. The van der Waals surface area contributed by atoms with E-state index >= 15 is 0 Å². The molecule has 0 N–H and O–H groups in total. The molecule has 0 atom stereocenters. The van der Waals surface area contributed by atoms with Gasteiger partial charge in [0.1, 0.15) is 6.10 Å². The van der Waals surface area contributed by atoms with Crippen molar-refractivity contribution < 1.29 is 17.5 Å². The Hall–Kier alpha value is -1.96. The van der Waals surface area contributed by atoms with Crippen LogP contribution in [-0.2, 0) is 15.8 Å². The van der Waals surface area contributed by atoms with Crippen molar-refractivity contribution in [1.29, 1.82) is 0 Å². The lowest BCUT2D eigenvalue weighted by atomic mass is 10.00. The predicted molar refractivity (Wildman–Crippen MR) is 115 cm³/mol. The quantitative estimate of drug-likeness (QED) is 0.699. The third kappa shape index (κ3) is 5.20. The van der Waals surface area contributed by atoms with Crippen LogP contribution in [0.1, 0.15) is 31.2 Å². The molecule has 4 rings (SSSR count). The molecule has 2 aromatic carbocycles. The summed E-state index contributed by atoms with van der Waals surface area (Å²) in [5.41, 5.74) is 0.830. The number of ether oxygens (including phenoxy) is 1. The number of para-hydroxylation sites is 1. The van der Waals surface area contributed by atoms with E-state index in [2.05, 4.69) is 4.90 Å². The van der Waals surface area contributed by atoms with Gasteiger partial charge in [0.05, 0.1) is 5.75 Å². The fourth-order valence-corrected chi connectivity index (χ4v) is 6.00. The van der Waals surface area contributed by atoms with Gasteiger partial charge in [-0.15, -0.1) is 0 Å². The number of sulfonamides is 1. The van der Waals surface area contributed by atoms with E-state index in [1.54, 1.807) is 22.5 Å². The van der Waals surface area contributed by atoms with Gasteiger partial charge in [0.15, 0.2) is 11.6 Å². The van der Waals surface area contributed by atoms with Gasteiger partial charge >= 0.3 is 0 Å². The van der Waals surface area contributed by atoms with Crippen LogP contribution in [0, 0.1) is 5.82 Å². The van der Waals surface area contributed by atoms with Crippen LogP contribution in [0.3, 0.4) is 0 Å². The van der Waals surface area contributed by atoms with Crippen molar-refractivity contribution in [1.82, 2.24) is 9.21 Å². The number of benzene rings is 2. The normalized spacial score (nSPS) is 20.3. The van der Waals surface area contributed by atoms with Gasteiger partial charge in [-0.2, -0.15) is 0 Å². The topological polar surface area (TPSA) is 49.9 Å². The Balaban J connectivity index is 1.24. The van der Waals surface area contributed by atoms with Crippen LogP contribution in [0.2, 0.25) is 0 Å². The molecule has 2 aliphatic rings. The third-order valence-corrected chi connectivity index (χ3v) is 7.98. The minimum absolute atomic E-state index is 0.0319. The summed E-state index contributed by atoms with van der Waals surface area (Å²) in [6.45, 7) is 2.96. The van der Waals surface area contributed by atoms with E-state index in [-0.39, 0.29) is 17.7 Å². The molecule has 0 amide bonds. The van der Waals surface area contributed by atoms with Gasteiger partial charge in [0.2, 0.25) is 10.0 Å². The first kappa shape index (κ1) is 21.3. The largest absolute Gasteiger partial charge is 0.487 e. The Morgan fingerprint density at radius 3 is 2.17 bits per heavy atom. The van der Waals surface area contributed by atoms with Crippen LogP contribution in [0.25, 0.3) is 0 Å². The van der Waals surface area contributed by atoms with E-state index in [4.69, 9.17) is 4.74 Å². The highest BCUT2D eigenvalue weighted by Crippen LogP contribution is 2.26. The smallest absolute Gasteiger partial charge is 0.218 e. The van der Waals surface area contributed by atoms with E-state index < -0.39 is 10.0 Å². The van der Waals surface area contributed by atoms with Gasteiger partial charge in [0, 0.05) is 32.2 Å². The highest BCUT2D eigenvalue weighted by atomic mass is 32.2. The van der Waals surface area contributed by atoms with Crippen LogP contribution < -0.4 is 4.74 Å². The molecular formula is C23H29FN2O3S. The van der Waals surface area contributed by atoms with Crippen molar-refractivity contribution in [2.24, 2.45) is 0 Å². The van der Waals surface area contributed by atoms with E-state index in [1.807, 2.05) is 30.3 Å². The first-order valence-corrected chi connectivity index (χ1v) is 12.3. The highest BCUT2D eigenvalue weighted by molar-refractivity contribution is 7.88. The number of rotatable bonds is 6. The van der Waals surface area contributed by atoms with Gasteiger partial charge in [-0.05, 0) is 43.4 Å². The molecule has 2 fully saturated rings. The third-order valence-electron chi connectivity index (χ3n) is 6.13. The van der Waals surface area contributed by atoms with E-state index in [0.29, 0.717) is 24.9 Å². The van der Waals surface area contributed by atoms with Gasteiger partial charge in [-0.25, -0.2) is 17.1 Å². The van der Waals surface area contributed by atoms with E-state index in [9.17, 15) is 12.8 Å². The second kappa shape index (κ2) is 9.45. The molecule has 2 saturated heterocycles. The molecule has 0 aliphatic carbocycles. The van der Waals surface area contributed by atoms with E-state index in [0.717, 1.165) is 44.3 Å². The molecule has 7 heteroatoms. The summed E-state index contributed by atoms with van der Waals surface area (Å²) in [7, 11) is -3.28. The second-order valence-corrected chi connectivity index (χ2v) is 10.1. The Morgan fingerprint density at radius 1 is 0.867 bits per heavy atom. The lowest BCUT2D eigenvalue weighted by Gasteiger charge is -2.41. The fraction of sp³-hybridized carbons (Fsp3) is 0.478. The molecule has 162 valence electrons. The zero-order valence-electron chi connectivity index (χ0n) is 17.1. The van der Waals surface area contributed by atoms with Gasteiger partial charge in [-0.1, -0.05) is 42.5 Å². The summed E-state index contributed by atoms with van der Waals surface area (Å²) in [5, 5.41) is 0. The Labute approximate surface area is 178 Å². The van der Waals surface area contributed by atoms with Crippen molar-refractivity contribution in [3.63, 3.8) is 0 Å². The summed E-state index contributed by atoms with van der Waals surface area (Å²) in [5.74, 6) is 0.0778. The average Bonchev–Trinajstić information content (AvgIpc) is 2.76. The SMILES string of the molecule is O=S(=O)(Cc1ccccc1)N1CCC(N2CCC(Oc3ccccc3F)CC2)CC1. The van der Waals surface area contributed by atoms with Crippen molar-refractivity contribution in [3.8, 4) is 5.75 Å². The molecule has 30 heavy (non-hydrogen) atoms. The number of nitrogens with zero attached hydrogens (tertiary/aromatic N) is 2. The monoisotopic (exact) mass is 432 g/mol. The van der Waals surface area contributed by atoms with Crippen LogP contribution in [0.15, 0.2) is 54.6 Å².